The summed E-state index contributed by atoms with van der Waals surface area (Å²) in [5, 5.41) is 0. The van der Waals surface area contributed by atoms with E-state index in [-0.39, 0.29) is 17.1 Å². The van der Waals surface area contributed by atoms with Crippen molar-refractivity contribution < 1.29 is 9.53 Å². The largest absolute Gasteiger partial charge is 0.369 e. The zero-order chi connectivity index (χ0) is 12.0. The molecular formula is C14H24O2. The Kier molecular flexibility index (Phi) is 2.90. The summed E-state index contributed by atoms with van der Waals surface area (Å²) in [6, 6.07) is 0. The summed E-state index contributed by atoms with van der Waals surface area (Å²) in [7, 11) is 0. The van der Waals surface area contributed by atoms with Crippen LogP contribution in [-0.2, 0) is 9.53 Å². The molecule has 2 rings (SSSR count). The number of ether oxygens (including phenoxy) is 1. The zero-order valence-corrected chi connectivity index (χ0v) is 11.0. The summed E-state index contributed by atoms with van der Waals surface area (Å²) in [6.07, 6.45) is 5.19. The highest BCUT2D eigenvalue weighted by Gasteiger charge is 2.50. The fraction of sp³-hybridized carbons (Fsp3) is 0.929. The summed E-state index contributed by atoms with van der Waals surface area (Å²) in [5.41, 5.74) is -0.201. The van der Waals surface area contributed by atoms with E-state index in [1.54, 1.807) is 0 Å². The van der Waals surface area contributed by atoms with Gasteiger partial charge in [-0.3, -0.25) is 4.79 Å². The van der Waals surface area contributed by atoms with Gasteiger partial charge >= 0.3 is 0 Å². The van der Waals surface area contributed by atoms with E-state index in [1.165, 1.54) is 6.42 Å². The average Bonchev–Trinajstić information content (AvgIpc) is 2.35. The molecule has 0 bridgehead atoms. The highest BCUT2D eigenvalue weighted by Crippen LogP contribution is 2.48. The van der Waals surface area contributed by atoms with Crippen LogP contribution in [0.1, 0.15) is 59.8 Å². The first-order valence-corrected chi connectivity index (χ1v) is 6.55. The Balaban J connectivity index is 2.17. The molecule has 1 aliphatic heterocycles. The second-order valence-corrected chi connectivity index (χ2v) is 6.59. The molecule has 1 saturated heterocycles. The molecule has 92 valence electrons. The van der Waals surface area contributed by atoms with Crippen molar-refractivity contribution in [3.05, 3.63) is 0 Å². The molecule has 1 heterocycles. The molecule has 2 unspecified atom stereocenters. The maximum absolute atomic E-state index is 12.0. The van der Waals surface area contributed by atoms with E-state index in [0.717, 1.165) is 25.7 Å². The van der Waals surface area contributed by atoms with Crippen molar-refractivity contribution in [1.29, 1.82) is 0 Å². The van der Waals surface area contributed by atoms with Crippen LogP contribution in [0.25, 0.3) is 0 Å². The van der Waals surface area contributed by atoms with E-state index in [4.69, 9.17) is 4.74 Å². The minimum atomic E-state index is -0.138. The molecule has 2 fully saturated rings. The van der Waals surface area contributed by atoms with Gasteiger partial charge in [0.25, 0.3) is 0 Å². The van der Waals surface area contributed by atoms with Crippen molar-refractivity contribution in [2.45, 2.75) is 71.0 Å². The first-order valence-electron chi connectivity index (χ1n) is 6.55. The van der Waals surface area contributed by atoms with Crippen LogP contribution in [0.4, 0.5) is 0 Å². The first kappa shape index (κ1) is 12.1. The van der Waals surface area contributed by atoms with Crippen molar-refractivity contribution in [2.24, 2.45) is 11.8 Å². The molecule has 0 N–H and O–H groups in total. The monoisotopic (exact) mass is 224 g/mol. The average molecular weight is 224 g/mol. The standard InChI is InChI=1S/C14H24O2/c1-13(2)9-11(14(3,4)16-13)10-7-5-6-8-12(10)15/h10-11H,5-9H2,1-4H3. The van der Waals surface area contributed by atoms with E-state index < -0.39 is 0 Å². The van der Waals surface area contributed by atoms with Crippen LogP contribution in [0, 0.1) is 11.8 Å². The van der Waals surface area contributed by atoms with Crippen molar-refractivity contribution in [2.75, 3.05) is 0 Å². The SMILES string of the molecule is CC1(C)CC(C2CCCCC2=O)C(C)(C)O1. The van der Waals surface area contributed by atoms with Gasteiger partial charge in [-0.05, 0) is 52.9 Å². The molecule has 2 aliphatic rings. The highest BCUT2D eigenvalue weighted by atomic mass is 16.5. The fourth-order valence-corrected chi connectivity index (χ4v) is 3.67. The molecule has 2 nitrogen and oxygen atoms in total. The lowest BCUT2D eigenvalue weighted by molar-refractivity contribution is -0.130. The van der Waals surface area contributed by atoms with Crippen LogP contribution < -0.4 is 0 Å². The summed E-state index contributed by atoms with van der Waals surface area (Å²) in [5.74, 6) is 1.14. The normalized spacial score (nSPS) is 37.6. The summed E-state index contributed by atoms with van der Waals surface area (Å²) >= 11 is 0. The molecule has 0 amide bonds. The van der Waals surface area contributed by atoms with Gasteiger partial charge in [-0.1, -0.05) is 6.42 Å². The molecule has 16 heavy (non-hydrogen) atoms. The van der Waals surface area contributed by atoms with E-state index in [9.17, 15) is 4.79 Å². The minimum absolute atomic E-state index is 0.0636. The number of carbonyl (C=O) groups is 1. The Morgan fingerprint density at radius 2 is 1.88 bits per heavy atom. The Hall–Kier alpha value is -0.370. The molecule has 2 atom stereocenters. The molecular weight excluding hydrogens is 200 g/mol. The van der Waals surface area contributed by atoms with Gasteiger partial charge in [0.05, 0.1) is 11.2 Å². The van der Waals surface area contributed by atoms with Gasteiger partial charge in [0, 0.05) is 12.3 Å². The maximum atomic E-state index is 12.0. The zero-order valence-electron chi connectivity index (χ0n) is 11.0. The number of rotatable bonds is 1. The molecule has 0 radical (unpaired) electrons. The molecule has 1 aliphatic carbocycles. The Bertz CT molecular complexity index is 291. The van der Waals surface area contributed by atoms with Crippen LogP contribution in [0.2, 0.25) is 0 Å². The van der Waals surface area contributed by atoms with E-state index in [1.807, 2.05) is 0 Å². The molecule has 1 saturated carbocycles. The van der Waals surface area contributed by atoms with Gasteiger partial charge in [-0.2, -0.15) is 0 Å². The summed E-state index contributed by atoms with van der Waals surface area (Å²) < 4.78 is 6.10. The number of carbonyl (C=O) groups excluding carboxylic acids is 1. The van der Waals surface area contributed by atoms with Crippen LogP contribution >= 0.6 is 0 Å². The number of hydrogen-bond acceptors (Lipinski definition) is 2. The van der Waals surface area contributed by atoms with E-state index in [0.29, 0.717) is 11.7 Å². The van der Waals surface area contributed by atoms with Crippen molar-refractivity contribution >= 4 is 5.78 Å². The minimum Gasteiger partial charge on any atom is -0.369 e. The lowest BCUT2D eigenvalue weighted by Crippen LogP contribution is -2.38. The van der Waals surface area contributed by atoms with Gasteiger partial charge in [0.1, 0.15) is 5.78 Å². The van der Waals surface area contributed by atoms with Crippen LogP contribution in [-0.4, -0.2) is 17.0 Å². The molecule has 0 aromatic heterocycles. The van der Waals surface area contributed by atoms with Gasteiger partial charge in [0.15, 0.2) is 0 Å². The number of ketones is 1. The highest BCUT2D eigenvalue weighted by molar-refractivity contribution is 5.82. The maximum Gasteiger partial charge on any atom is 0.136 e. The van der Waals surface area contributed by atoms with Gasteiger partial charge in [-0.25, -0.2) is 0 Å². The number of Topliss-reactive ketones (excluding diaryl/α,β-unsaturated/α-hetero) is 1. The van der Waals surface area contributed by atoms with Gasteiger partial charge < -0.3 is 4.74 Å². The Labute approximate surface area is 98.7 Å². The van der Waals surface area contributed by atoms with Crippen LogP contribution in [0.5, 0.6) is 0 Å². The quantitative estimate of drug-likeness (QED) is 0.683. The molecule has 2 heteroatoms. The lowest BCUT2D eigenvalue weighted by atomic mass is 9.71. The van der Waals surface area contributed by atoms with E-state index >= 15 is 0 Å². The second kappa shape index (κ2) is 3.83. The predicted octanol–water partition coefficient (Wildman–Crippen LogP) is 3.34. The second-order valence-electron chi connectivity index (χ2n) is 6.59. The van der Waals surface area contributed by atoms with Crippen molar-refractivity contribution in [3.8, 4) is 0 Å². The first-order chi connectivity index (χ1) is 7.32. The van der Waals surface area contributed by atoms with Gasteiger partial charge in [0.2, 0.25) is 0 Å². The lowest BCUT2D eigenvalue weighted by Gasteiger charge is -2.34. The molecule has 0 aromatic carbocycles. The van der Waals surface area contributed by atoms with Crippen molar-refractivity contribution in [1.82, 2.24) is 0 Å². The Morgan fingerprint density at radius 3 is 2.38 bits per heavy atom. The fourth-order valence-electron chi connectivity index (χ4n) is 3.67. The van der Waals surface area contributed by atoms with E-state index in [2.05, 4.69) is 27.7 Å². The molecule has 0 spiro atoms. The van der Waals surface area contributed by atoms with Crippen LogP contribution in [0.15, 0.2) is 0 Å². The third kappa shape index (κ3) is 2.17. The third-order valence-corrected chi connectivity index (χ3v) is 4.23. The summed E-state index contributed by atoms with van der Waals surface area (Å²) in [6.45, 7) is 8.58. The predicted molar refractivity (Wildman–Crippen MR) is 64.3 cm³/mol. The molecule has 0 aromatic rings. The Morgan fingerprint density at radius 1 is 1.19 bits per heavy atom. The topological polar surface area (TPSA) is 26.3 Å². The smallest absolute Gasteiger partial charge is 0.136 e. The third-order valence-electron chi connectivity index (χ3n) is 4.23. The van der Waals surface area contributed by atoms with Crippen molar-refractivity contribution in [3.63, 3.8) is 0 Å². The number of hydrogen-bond donors (Lipinski definition) is 0. The summed E-state index contributed by atoms with van der Waals surface area (Å²) in [4.78, 5) is 12.0. The van der Waals surface area contributed by atoms with Crippen LogP contribution in [0.3, 0.4) is 0 Å². The van der Waals surface area contributed by atoms with Gasteiger partial charge in [-0.15, -0.1) is 0 Å².